The van der Waals surface area contributed by atoms with Crippen molar-refractivity contribution < 1.29 is 4.79 Å². The highest BCUT2D eigenvalue weighted by Gasteiger charge is 2.26. The van der Waals surface area contributed by atoms with Crippen LogP contribution in [0.4, 0.5) is 0 Å². The van der Waals surface area contributed by atoms with Gasteiger partial charge in [0.15, 0.2) is 0 Å². The molecule has 0 saturated carbocycles. The van der Waals surface area contributed by atoms with E-state index in [0.717, 1.165) is 6.29 Å². The van der Waals surface area contributed by atoms with Crippen molar-refractivity contribution in [2.45, 2.75) is 40.0 Å². The van der Waals surface area contributed by atoms with E-state index in [4.69, 9.17) is 0 Å². The van der Waals surface area contributed by atoms with Crippen LogP contribution in [0.15, 0.2) is 35.5 Å². The predicted octanol–water partition coefficient (Wildman–Crippen LogP) is 3.82. The summed E-state index contributed by atoms with van der Waals surface area (Å²) in [6, 6.07) is 0. The van der Waals surface area contributed by atoms with E-state index in [1.54, 1.807) is 6.08 Å². The molecule has 0 unspecified atom stereocenters. The quantitative estimate of drug-likeness (QED) is 0.388. The van der Waals surface area contributed by atoms with Crippen LogP contribution in [0.25, 0.3) is 0 Å². The van der Waals surface area contributed by atoms with Crippen LogP contribution in [-0.4, -0.2) is 6.29 Å². The maximum absolute atomic E-state index is 10.1. The number of carbonyl (C=O) groups excluding carboxylic acids is 1. The molecule has 15 heavy (non-hydrogen) atoms. The van der Waals surface area contributed by atoms with E-state index in [1.165, 1.54) is 36.5 Å². The fraction of sp³-hybridized carbons (Fsp3) is 0.500. The van der Waals surface area contributed by atoms with E-state index in [-0.39, 0.29) is 5.41 Å². The molecule has 0 amide bonds. The molecule has 0 saturated heterocycles. The zero-order valence-corrected chi connectivity index (χ0v) is 9.92. The van der Waals surface area contributed by atoms with E-state index in [9.17, 15) is 4.79 Å². The SMILES string of the molecule is CC1=C(/C=C/C=C/C=O)C(C)(C)CCC1. The van der Waals surface area contributed by atoms with Crippen molar-refractivity contribution in [1.29, 1.82) is 0 Å². The van der Waals surface area contributed by atoms with E-state index in [1.807, 2.05) is 6.08 Å². The highest BCUT2D eigenvalue weighted by molar-refractivity contribution is 5.65. The second kappa shape index (κ2) is 5.11. The lowest BCUT2D eigenvalue weighted by molar-refractivity contribution is -0.104. The molecule has 82 valence electrons. The van der Waals surface area contributed by atoms with Gasteiger partial charge in [0.2, 0.25) is 0 Å². The molecule has 0 aromatic heterocycles. The summed E-state index contributed by atoms with van der Waals surface area (Å²) in [6.07, 6.45) is 12.0. The van der Waals surface area contributed by atoms with Crippen LogP contribution in [0.5, 0.6) is 0 Å². The third-order valence-electron chi connectivity index (χ3n) is 3.11. The molecule has 1 nitrogen and oxygen atoms in total. The van der Waals surface area contributed by atoms with Crippen molar-refractivity contribution in [2.24, 2.45) is 5.41 Å². The minimum absolute atomic E-state index is 0.286. The first-order chi connectivity index (χ1) is 7.08. The van der Waals surface area contributed by atoms with Gasteiger partial charge in [-0.15, -0.1) is 0 Å². The average molecular weight is 204 g/mol. The Kier molecular flexibility index (Phi) is 4.07. The summed E-state index contributed by atoms with van der Waals surface area (Å²) in [7, 11) is 0. The van der Waals surface area contributed by atoms with Crippen molar-refractivity contribution in [2.75, 3.05) is 0 Å². The van der Waals surface area contributed by atoms with Crippen LogP contribution in [-0.2, 0) is 4.79 Å². The Bertz CT molecular complexity index is 316. The summed E-state index contributed by atoms with van der Waals surface area (Å²) >= 11 is 0. The minimum atomic E-state index is 0.286. The van der Waals surface area contributed by atoms with Crippen LogP contribution < -0.4 is 0 Å². The van der Waals surface area contributed by atoms with Crippen LogP contribution in [0.1, 0.15) is 40.0 Å². The van der Waals surface area contributed by atoms with Crippen molar-refractivity contribution in [1.82, 2.24) is 0 Å². The number of rotatable bonds is 3. The minimum Gasteiger partial charge on any atom is -0.299 e. The normalized spacial score (nSPS) is 21.5. The molecule has 0 heterocycles. The molecule has 0 N–H and O–H groups in total. The molecule has 1 aliphatic carbocycles. The third-order valence-corrected chi connectivity index (χ3v) is 3.11. The standard InChI is InChI=1S/C14H20O/c1-12-8-7-10-14(2,3)13(12)9-5-4-6-11-15/h4-6,9,11H,7-8,10H2,1-3H3/b6-4+,9-5+. The Balaban J connectivity index is 2.85. The van der Waals surface area contributed by atoms with Gasteiger partial charge >= 0.3 is 0 Å². The maximum atomic E-state index is 10.1. The second-order valence-corrected chi connectivity index (χ2v) is 4.81. The lowest BCUT2D eigenvalue weighted by Crippen LogP contribution is -2.18. The van der Waals surface area contributed by atoms with Gasteiger partial charge in [0.25, 0.3) is 0 Å². The average Bonchev–Trinajstić information content (AvgIpc) is 2.15. The Morgan fingerprint density at radius 1 is 1.20 bits per heavy atom. The van der Waals surface area contributed by atoms with Gasteiger partial charge < -0.3 is 0 Å². The molecule has 0 bridgehead atoms. The van der Waals surface area contributed by atoms with Gasteiger partial charge in [-0.2, -0.15) is 0 Å². The first kappa shape index (κ1) is 12.0. The largest absolute Gasteiger partial charge is 0.299 e. The number of hydrogen-bond acceptors (Lipinski definition) is 1. The Hall–Kier alpha value is -1.11. The lowest BCUT2D eigenvalue weighted by atomic mass is 9.73. The van der Waals surface area contributed by atoms with Gasteiger partial charge in [0.1, 0.15) is 6.29 Å². The number of aldehydes is 1. The van der Waals surface area contributed by atoms with Crippen molar-refractivity contribution in [3.63, 3.8) is 0 Å². The molecule has 0 fully saturated rings. The molecule has 1 rings (SSSR count). The molecular formula is C14H20O. The summed E-state index contributed by atoms with van der Waals surface area (Å²) in [5.74, 6) is 0. The number of allylic oxidation sites excluding steroid dienone is 6. The molecule has 0 aromatic carbocycles. The first-order valence-corrected chi connectivity index (χ1v) is 5.56. The van der Waals surface area contributed by atoms with Gasteiger partial charge in [-0.05, 0) is 43.3 Å². The summed E-state index contributed by atoms with van der Waals surface area (Å²) in [6.45, 7) is 6.79. The van der Waals surface area contributed by atoms with Crippen molar-refractivity contribution in [3.8, 4) is 0 Å². The summed E-state index contributed by atoms with van der Waals surface area (Å²) in [4.78, 5) is 10.1. The highest BCUT2D eigenvalue weighted by atomic mass is 16.1. The molecule has 0 aliphatic heterocycles. The molecule has 0 spiro atoms. The zero-order valence-electron chi connectivity index (χ0n) is 9.92. The summed E-state index contributed by atoms with van der Waals surface area (Å²) < 4.78 is 0. The molecule has 1 heteroatoms. The maximum Gasteiger partial charge on any atom is 0.142 e. The van der Waals surface area contributed by atoms with Crippen molar-refractivity contribution >= 4 is 6.29 Å². The predicted molar refractivity (Wildman–Crippen MR) is 64.7 cm³/mol. The second-order valence-electron chi connectivity index (χ2n) is 4.81. The third kappa shape index (κ3) is 3.19. The molecule has 1 aliphatic rings. The highest BCUT2D eigenvalue weighted by Crippen LogP contribution is 2.40. The van der Waals surface area contributed by atoms with Gasteiger partial charge in [0, 0.05) is 0 Å². The van der Waals surface area contributed by atoms with Crippen molar-refractivity contribution in [3.05, 3.63) is 35.5 Å². The fourth-order valence-electron chi connectivity index (χ4n) is 2.27. The smallest absolute Gasteiger partial charge is 0.142 e. The lowest BCUT2D eigenvalue weighted by Gasteiger charge is -2.32. The molecule has 0 atom stereocenters. The topological polar surface area (TPSA) is 17.1 Å². The molecular weight excluding hydrogens is 184 g/mol. The summed E-state index contributed by atoms with van der Waals surface area (Å²) in [5, 5.41) is 0. The van der Waals surface area contributed by atoms with E-state index >= 15 is 0 Å². The Morgan fingerprint density at radius 3 is 2.53 bits per heavy atom. The van der Waals surface area contributed by atoms with E-state index < -0.39 is 0 Å². The van der Waals surface area contributed by atoms with E-state index in [0.29, 0.717) is 0 Å². The Labute approximate surface area is 92.6 Å². The number of hydrogen-bond donors (Lipinski definition) is 0. The van der Waals surface area contributed by atoms with Crippen LogP contribution >= 0.6 is 0 Å². The number of carbonyl (C=O) groups is 1. The molecule has 0 radical (unpaired) electrons. The van der Waals surface area contributed by atoms with Crippen LogP contribution in [0, 0.1) is 5.41 Å². The monoisotopic (exact) mass is 204 g/mol. The van der Waals surface area contributed by atoms with Crippen LogP contribution in [0.2, 0.25) is 0 Å². The summed E-state index contributed by atoms with van der Waals surface area (Å²) in [5.41, 5.74) is 3.21. The fourth-order valence-corrected chi connectivity index (χ4v) is 2.27. The van der Waals surface area contributed by atoms with Gasteiger partial charge in [0.05, 0.1) is 0 Å². The van der Waals surface area contributed by atoms with E-state index in [2.05, 4.69) is 26.8 Å². The van der Waals surface area contributed by atoms with Gasteiger partial charge in [-0.25, -0.2) is 0 Å². The van der Waals surface area contributed by atoms with Crippen LogP contribution in [0.3, 0.4) is 0 Å². The first-order valence-electron chi connectivity index (χ1n) is 5.56. The Morgan fingerprint density at radius 2 is 1.93 bits per heavy atom. The van der Waals surface area contributed by atoms with Gasteiger partial charge in [-0.1, -0.05) is 37.6 Å². The molecule has 0 aromatic rings. The van der Waals surface area contributed by atoms with Gasteiger partial charge in [-0.3, -0.25) is 4.79 Å². The zero-order chi connectivity index (χ0) is 11.3.